The molecule has 2 aromatic carbocycles. The standard InChI is InChI=1S/C64H88N10O16.C10H13NO4/c1-27(2)44-53(78)35-19-17-21-37(35)61(84)71(13)25-40(75)73(15)50(29(5)6)63(86)88-33(11)46(59(82)67-44)69-57(80)39-24-23-31(9)55-48(39)66-49-42(43(65)52(77)32(10)56(49)90-55)58(81)70-47-34(12)89-64(87)51(30(7)8)74(16)41(76)26-72(14)62(85)38-22-18-20-36(38)54(79)45(28(3)4)68-60(47)83;1-10(11,9(14)15)5-6-2-3-7(12)8(13)4-6/h23-24,27-30,33-38,44-47,50-51H,17-22,25-26,65H2,1-16H3,(H,67,82)(H,68,83)(H,69,80)(H,70,81);2-4,12-13H,5,11H2,1H3,(H,14,15). The number of cyclic esters (lactones) is 2. The van der Waals surface area contributed by atoms with Gasteiger partial charge < -0.3 is 81.5 Å². The third-order valence-corrected chi connectivity index (χ3v) is 20.5. The Bertz CT molecular complexity index is 4110. The lowest BCUT2D eigenvalue weighted by molar-refractivity contribution is -0.163. The van der Waals surface area contributed by atoms with Crippen molar-refractivity contribution in [2.24, 2.45) is 53.1 Å². The Labute approximate surface area is 608 Å². The number of aromatic nitrogens is 1. The summed E-state index contributed by atoms with van der Waals surface area (Å²) in [6.07, 6.45) is -0.575. The van der Waals surface area contributed by atoms with Gasteiger partial charge in [-0.2, -0.15) is 0 Å². The van der Waals surface area contributed by atoms with E-state index in [4.69, 9.17) is 40.6 Å². The number of anilines is 1. The van der Waals surface area contributed by atoms with Crippen LogP contribution >= 0.6 is 0 Å². The number of nitrogen functional groups attached to an aromatic ring is 1. The minimum atomic E-state index is -1.86. The molecule has 2 saturated heterocycles. The number of fused-ring (bicyclic) bond motifs is 4. The number of hydrogen-bond acceptors (Lipinski definition) is 22. The largest absolute Gasteiger partial charge is 0.504 e. The molecule has 13 unspecified atom stereocenters. The highest BCUT2D eigenvalue weighted by molar-refractivity contribution is 6.11. The summed E-state index contributed by atoms with van der Waals surface area (Å²) in [4.78, 5) is 208. The topological polar surface area (TPSA) is 457 Å². The van der Waals surface area contributed by atoms with Crippen LogP contribution in [0, 0.1) is 61.2 Å². The Kier molecular flexibility index (Phi) is 26.1. The number of carbonyl (C=O) groups excluding carboxylic acids is 12. The number of amides is 8. The van der Waals surface area contributed by atoms with Gasteiger partial charge in [-0.25, -0.2) is 14.6 Å². The molecule has 0 aromatic heterocycles. The fourth-order valence-electron chi connectivity index (χ4n) is 14.3. The third kappa shape index (κ3) is 17.8. The van der Waals surface area contributed by atoms with Gasteiger partial charge in [0.15, 0.2) is 34.4 Å². The van der Waals surface area contributed by atoms with E-state index in [-0.39, 0.29) is 51.6 Å². The second-order valence-electron chi connectivity index (χ2n) is 30.0. The summed E-state index contributed by atoms with van der Waals surface area (Å²) in [6.45, 7) is 19.7. The monoisotopic (exact) mass is 1460 g/mol. The number of phenols is 2. The lowest BCUT2D eigenvalue weighted by Gasteiger charge is -2.35. The number of likely N-dealkylation sites (N-methyl/N-ethyl adjacent to an activating group) is 4. The zero-order valence-corrected chi connectivity index (χ0v) is 62.7. The van der Waals surface area contributed by atoms with Gasteiger partial charge in [0.1, 0.15) is 53.1 Å². The van der Waals surface area contributed by atoms with Gasteiger partial charge in [0, 0.05) is 63.8 Å². The van der Waals surface area contributed by atoms with Gasteiger partial charge in [-0.05, 0) is 113 Å². The maximum Gasteiger partial charge on any atom is 0.329 e. The Morgan fingerprint density at radius 3 is 1.50 bits per heavy atom. The molecule has 0 radical (unpaired) electrons. The number of Topliss-reactive ketones (excluding diaryl/α,β-unsaturated/α-hetero) is 2. The summed E-state index contributed by atoms with van der Waals surface area (Å²) >= 11 is 0. The van der Waals surface area contributed by atoms with Crippen LogP contribution in [0.25, 0.3) is 22.6 Å². The van der Waals surface area contributed by atoms with Crippen molar-refractivity contribution in [3.8, 4) is 23.0 Å². The maximum absolute atomic E-state index is 15.2. The summed E-state index contributed by atoms with van der Waals surface area (Å²) in [7, 11) is 5.66. The number of benzene rings is 3. The predicted molar refractivity (Wildman–Crippen MR) is 381 cm³/mol. The summed E-state index contributed by atoms with van der Waals surface area (Å²) in [5.41, 5.74) is 8.37. The number of aliphatic carboxylic acids is 1. The number of hydrogen-bond donors (Lipinski definition) is 9. The van der Waals surface area contributed by atoms with E-state index in [0.29, 0.717) is 49.7 Å². The van der Waals surface area contributed by atoms with Gasteiger partial charge >= 0.3 is 17.9 Å². The fourth-order valence-corrected chi connectivity index (χ4v) is 14.3. The van der Waals surface area contributed by atoms with Crippen LogP contribution in [0.2, 0.25) is 0 Å². The zero-order valence-electron chi connectivity index (χ0n) is 62.7. The number of carboxylic acids is 1. The molecule has 3 heterocycles. The molecule has 31 nitrogen and oxygen atoms in total. The average molecular weight is 1460 g/mol. The van der Waals surface area contributed by atoms with E-state index >= 15 is 9.59 Å². The number of aryl methyl sites for hydroxylation is 1. The van der Waals surface area contributed by atoms with Gasteiger partial charge in [-0.15, -0.1) is 0 Å². The first-order valence-electron chi connectivity index (χ1n) is 35.4. The number of ketones is 2. The van der Waals surface area contributed by atoms with Gasteiger partial charge in [0.05, 0.1) is 42.0 Å². The number of phenolic OH excluding ortho intramolecular Hbond substituents is 2. The quantitative estimate of drug-likeness (QED) is 0.0451. The normalized spacial score (nSPS) is 25.9. The first-order valence-corrected chi connectivity index (χ1v) is 35.4. The number of nitrogens with zero attached hydrogens (tertiary/aromatic N) is 5. The SMILES string of the molecule is CC(N)(Cc1ccc(O)c(O)c1)C(=O)O.Cc1c2oc3c(C)ccc(C(=O)NC4C(=O)NC(C(C)C)C(=O)C5CCCC5C(=O)N(C)CC(=O)N(C)C(C(C)C)C(=O)OC4C)c3nc-2c(C(=O)NC2C(=O)NC(C(C)C)C(=O)C3CCCC3C(=O)N(C)CC(=O)N(C)C(C(C)C)C(=O)OC2C)c(N)c1=O. The Balaban J connectivity index is 0.000000911. The van der Waals surface area contributed by atoms with Crippen molar-refractivity contribution >= 4 is 93.5 Å². The maximum atomic E-state index is 15.2. The highest BCUT2D eigenvalue weighted by Crippen LogP contribution is 2.39. The van der Waals surface area contributed by atoms with E-state index in [0.717, 1.165) is 9.80 Å². The second kappa shape index (κ2) is 33.4. The summed E-state index contributed by atoms with van der Waals surface area (Å²) < 4.78 is 18.3. The van der Waals surface area contributed by atoms with E-state index in [1.54, 1.807) is 62.3 Å². The number of carboxylic acid groups (broad SMARTS) is 1. The van der Waals surface area contributed by atoms with Crippen molar-refractivity contribution in [2.45, 2.75) is 189 Å². The number of nitrogens with one attached hydrogen (secondary N) is 4. The number of carbonyl (C=O) groups is 13. The van der Waals surface area contributed by atoms with Gasteiger partial charge in [-0.3, -0.25) is 57.5 Å². The molecule has 105 heavy (non-hydrogen) atoms. The zero-order chi connectivity index (χ0) is 78.6. The van der Waals surface area contributed by atoms with Crippen LogP contribution in [0.5, 0.6) is 11.5 Å². The number of nitrogens with two attached hydrogens (primary N) is 2. The van der Waals surface area contributed by atoms with Crippen molar-refractivity contribution in [3.05, 3.63) is 68.4 Å². The molecule has 2 aromatic rings. The van der Waals surface area contributed by atoms with Crippen molar-refractivity contribution in [2.75, 3.05) is 47.0 Å². The number of aromatic hydroxyl groups is 2. The molecule has 0 spiro atoms. The Morgan fingerprint density at radius 1 is 0.638 bits per heavy atom. The molecule has 8 amide bonds. The van der Waals surface area contributed by atoms with E-state index in [2.05, 4.69) is 21.3 Å². The lowest BCUT2D eigenvalue weighted by atomic mass is 9.83. The molecule has 2 saturated carbocycles. The first kappa shape index (κ1) is 82.2. The van der Waals surface area contributed by atoms with Crippen LogP contribution in [0.3, 0.4) is 0 Å². The van der Waals surface area contributed by atoms with Crippen LogP contribution in [0.4, 0.5) is 5.69 Å². The predicted octanol–water partition coefficient (Wildman–Crippen LogP) is 3.16. The number of rotatable bonds is 11. The van der Waals surface area contributed by atoms with Crippen molar-refractivity contribution in [1.29, 1.82) is 0 Å². The van der Waals surface area contributed by atoms with Crippen molar-refractivity contribution < 1.29 is 91.5 Å². The minimum Gasteiger partial charge on any atom is -0.504 e. The highest BCUT2D eigenvalue weighted by atomic mass is 16.6. The van der Waals surface area contributed by atoms with E-state index < -0.39 is 208 Å². The molecule has 6 aliphatic rings. The number of esters is 2. The highest BCUT2D eigenvalue weighted by Gasteiger charge is 2.48. The van der Waals surface area contributed by atoms with E-state index in [9.17, 15) is 62.6 Å². The summed E-state index contributed by atoms with van der Waals surface area (Å²) in [5, 5.41) is 37.8. The lowest BCUT2D eigenvalue weighted by Crippen LogP contribution is -2.59. The minimum absolute atomic E-state index is 0.0668. The fraction of sp³-hybridized carbons (Fsp3) is 0.581. The molecule has 13 atom stereocenters. The third-order valence-electron chi connectivity index (χ3n) is 20.5. The second-order valence-corrected chi connectivity index (χ2v) is 30.0. The van der Waals surface area contributed by atoms with Crippen LogP contribution in [-0.4, -0.2) is 212 Å². The molecule has 3 aliphatic carbocycles. The van der Waals surface area contributed by atoms with E-state index in [1.165, 1.54) is 96.0 Å². The first-order chi connectivity index (χ1) is 48.9. The molecular formula is C74H101N11O20. The molecule has 572 valence electrons. The van der Waals surface area contributed by atoms with Gasteiger partial charge in [-0.1, -0.05) is 80.4 Å². The molecular weight excluding hydrogens is 1360 g/mol. The van der Waals surface area contributed by atoms with E-state index in [1.807, 2.05) is 0 Å². The van der Waals surface area contributed by atoms with Crippen molar-refractivity contribution in [1.82, 2.24) is 45.9 Å². The van der Waals surface area contributed by atoms with Crippen LogP contribution in [0.1, 0.15) is 152 Å². The molecule has 4 fully saturated rings. The number of ether oxygens (including phenoxy) is 2. The molecule has 31 heteroatoms. The van der Waals surface area contributed by atoms with Crippen LogP contribution < -0.4 is 38.2 Å². The molecule has 11 N–H and O–H groups in total. The van der Waals surface area contributed by atoms with Crippen molar-refractivity contribution in [3.63, 3.8) is 0 Å². The molecule has 3 aliphatic heterocycles. The Morgan fingerprint density at radius 2 is 1.08 bits per heavy atom. The summed E-state index contributed by atoms with van der Waals surface area (Å²) in [6, 6.07) is -1.61. The van der Waals surface area contributed by atoms with Gasteiger partial charge in [0.2, 0.25) is 40.9 Å². The molecule has 0 bridgehead atoms. The van der Waals surface area contributed by atoms with Gasteiger partial charge in [0.25, 0.3) is 11.8 Å². The molecule has 8 rings (SSSR count). The average Bonchev–Trinajstić information content (AvgIpc) is 1.28. The smallest absolute Gasteiger partial charge is 0.329 e. The van der Waals surface area contributed by atoms with Crippen LogP contribution in [0.15, 0.2) is 39.5 Å². The summed E-state index contributed by atoms with van der Waals surface area (Å²) in [5.74, 6) is -16.5. The Hall–Kier alpha value is -10.1. The van der Waals surface area contributed by atoms with Crippen LogP contribution in [-0.2, 0) is 68.6 Å².